The maximum absolute atomic E-state index is 12.8. The highest BCUT2D eigenvalue weighted by atomic mass is 127. The van der Waals surface area contributed by atoms with E-state index in [4.69, 9.17) is 4.74 Å². The minimum Gasteiger partial charge on any atom is -0.497 e. The van der Waals surface area contributed by atoms with Gasteiger partial charge in [0.2, 0.25) is 10.0 Å². The number of halogens is 1. The molecule has 0 atom stereocenters. The number of benzene rings is 2. The third kappa shape index (κ3) is 4.54. The molecule has 0 radical (unpaired) electrons. The van der Waals surface area contributed by atoms with Crippen molar-refractivity contribution in [2.45, 2.75) is 11.4 Å². The standard InChI is InChI=1S/C18H21IN2O4S/c1-20(2)26(23,24)15-9-10-17(19)16(11-15)18(22)21(3)12-13-5-7-14(25-4)8-6-13/h5-11H,12H2,1-4H3. The Balaban J connectivity index is 2.27. The van der Waals surface area contributed by atoms with Crippen LogP contribution in [-0.2, 0) is 16.6 Å². The molecule has 0 aliphatic rings. The Morgan fingerprint density at radius 2 is 1.69 bits per heavy atom. The minimum absolute atomic E-state index is 0.101. The number of sulfonamides is 1. The van der Waals surface area contributed by atoms with Gasteiger partial charge in [0.25, 0.3) is 5.91 Å². The van der Waals surface area contributed by atoms with Gasteiger partial charge in [-0.25, -0.2) is 12.7 Å². The minimum atomic E-state index is -3.60. The van der Waals surface area contributed by atoms with Crippen molar-refractivity contribution in [2.75, 3.05) is 28.3 Å². The number of carbonyl (C=O) groups is 1. The lowest BCUT2D eigenvalue weighted by Crippen LogP contribution is -2.28. The molecule has 2 aromatic rings. The summed E-state index contributed by atoms with van der Waals surface area (Å²) in [4.78, 5) is 14.5. The zero-order valence-corrected chi connectivity index (χ0v) is 18.0. The van der Waals surface area contributed by atoms with Gasteiger partial charge in [0, 0.05) is 31.3 Å². The number of amides is 1. The molecule has 0 N–H and O–H groups in total. The fraction of sp³-hybridized carbons (Fsp3) is 0.278. The van der Waals surface area contributed by atoms with Gasteiger partial charge >= 0.3 is 0 Å². The van der Waals surface area contributed by atoms with Crippen molar-refractivity contribution in [3.63, 3.8) is 0 Å². The summed E-state index contributed by atoms with van der Waals surface area (Å²) in [5.41, 5.74) is 1.32. The van der Waals surface area contributed by atoms with Crippen LogP contribution in [-0.4, -0.2) is 51.8 Å². The third-order valence-corrected chi connectivity index (χ3v) is 6.62. The number of carbonyl (C=O) groups excluding carboxylic acids is 1. The van der Waals surface area contributed by atoms with Crippen LogP contribution in [0.15, 0.2) is 47.4 Å². The molecule has 26 heavy (non-hydrogen) atoms. The van der Waals surface area contributed by atoms with Crippen molar-refractivity contribution in [3.05, 3.63) is 57.2 Å². The first kappa shape index (κ1) is 20.7. The topological polar surface area (TPSA) is 66.9 Å². The van der Waals surface area contributed by atoms with Crippen molar-refractivity contribution >= 4 is 38.5 Å². The van der Waals surface area contributed by atoms with Gasteiger partial charge in [0.1, 0.15) is 5.75 Å². The summed E-state index contributed by atoms with van der Waals surface area (Å²) in [7, 11) is 2.62. The van der Waals surface area contributed by atoms with Crippen LogP contribution in [0, 0.1) is 3.57 Å². The molecule has 0 aromatic heterocycles. The average Bonchev–Trinajstić information content (AvgIpc) is 2.61. The van der Waals surface area contributed by atoms with Crippen molar-refractivity contribution in [2.24, 2.45) is 0 Å². The summed E-state index contributed by atoms with van der Waals surface area (Å²) >= 11 is 2.04. The van der Waals surface area contributed by atoms with Gasteiger partial charge in [-0.15, -0.1) is 0 Å². The molecule has 0 saturated heterocycles. The predicted molar refractivity (Wildman–Crippen MR) is 109 cm³/mol. The number of rotatable bonds is 6. The Kier molecular flexibility index (Phi) is 6.64. The molecule has 0 bridgehead atoms. The second kappa shape index (κ2) is 8.36. The number of hydrogen-bond acceptors (Lipinski definition) is 4. The van der Waals surface area contributed by atoms with E-state index in [1.54, 1.807) is 25.1 Å². The predicted octanol–water partition coefficient (Wildman–Crippen LogP) is 2.82. The van der Waals surface area contributed by atoms with Crippen LogP contribution in [0.25, 0.3) is 0 Å². The molecule has 0 fully saturated rings. The Morgan fingerprint density at radius 1 is 1.08 bits per heavy atom. The van der Waals surface area contributed by atoms with Crippen LogP contribution >= 0.6 is 22.6 Å². The van der Waals surface area contributed by atoms with E-state index in [2.05, 4.69) is 0 Å². The second-order valence-corrected chi connectivity index (χ2v) is 9.25. The molecule has 8 heteroatoms. The summed E-state index contributed by atoms with van der Waals surface area (Å²) in [5.74, 6) is 0.514. The van der Waals surface area contributed by atoms with Crippen LogP contribution in [0.3, 0.4) is 0 Å². The highest BCUT2D eigenvalue weighted by Crippen LogP contribution is 2.22. The van der Waals surface area contributed by atoms with Crippen molar-refractivity contribution in [1.29, 1.82) is 0 Å². The Morgan fingerprint density at radius 3 is 2.23 bits per heavy atom. The van der Waals surface area contributed by atoms with E-state index in [1.807, 2.05) is 46.9 Å². The van der Waals surface area contributed by atoms with E-state index < -0.39 is 10.0 Å². The van der Waals surface area contributed by atoms with Crippen LogP contribution < -0.4 is 4.74 Å². The number of methoxy groups -OCH3 is 1. The molecular weight excluding hydrogens is 467 g/mol. The van der Waals surface area contributed by atoms with Crippen molar-refractivity contribution in [3.8, 4) is 5.75 Å². The van der Waals surface area contributed by atoms with Crippen molar-refractivity contribution in [1.82, 2.24) is 9.21 Å². The molecule has 0 unspecified atom stereocenters. The van der Waals surface area contributed by atoms with Crippen LogP contribution in [0.4, 0.5) is 0 Å². The zero-order chi connectivity index (χ0) is 19.5. The highest BCUT2D eigenvalue weighted by molar-refractivity contribution is 14.1. The molecule has 2 rings (SSSR count). The summed E-state index contributed by atoms with van der Waals surface area (Å²) in [6.07, 6.45) is 0. The van der Waals surface area contributed by atoms with E-state index in [0.717, 1.165) is 15.6 Å². The normalized spacial score (nSPS) is 11.5. The molecule has 1 amide bonds. The van der Waals surface area contributed by atoms with E-state index in [9.17, 15) is 13.2 Å². The molecule has 140 valence electrons. The smallest absolute Gasteiger partial charge is 0.255 e. The summed E-state index contributed by atoms with van der Waals surface area (Å²) in [5, 5.41) is 0. The summed E-state index contributed by atoms with van der Waals surface area (Å²) in [6.45, 7) is 0.406. The SMILES string of the molecule is COc1ccc(CN(C)C(=O)c2cc(S(=O)(=O)N(C)C)ccc2I)cc1. The Bertz CT molecular complexity index is 896. The Labute approximate surface area is 167 Å². The van der Waals surface area contributed by atoms with Crippen LogP contribution in [0.1, 0.15) is 15.9 Å². The Hall–Kier alpha value is -1.65. The van der Waals surface area contributed by atoms with Gasteiger partial charge in [-0.1, -0.05) is 12.1 Å². The number of ether oxygens (including phenoxy) is 1. The van der Waals surface area contributed by atoms with Crippen LogP contribution in [0.2, 0.25) is 0 Å². The first-order chi connectivity index (χ1) is 12.2. The van der Waals surface area contributed by atoms with Gasteiger partial charge < -0.3 is 9.64 Å². The molecule has 0 aliphatic heterocycles. The average molecular weight is 488 g/mol. The monoisotopic (exact) mass is 488 g/mol. The van der Waals surface area contributed by atoms with Gasteiger partial charge in [-0.3, -0.25) is 4.79 Å². The highest BCUT2D eigenvalue weighted by Gasteiger charge is 2.22. The second-order valence-electron chi connectivity index (χ2n) is 5.94. The molecule has 0 aliphatic carbocycles. The van der Waals surface area contributed by atoms with E-state index in [0.29, 0.717) is 15.7 Å². The fourth-order valence-corrected chi connectivity index (χ4v) is 3.82. The lowest BCUT2D eigenvalue weighted by Gasteiger charge is -2.19. The van der Waals surface area contributed by atoms with Crippen molar-refractivity contribution < 1.29 is 17.9 Å². The summed E-state index contributed by atoms with van der Waals surface area (Å²) < 4.78 is 31.6. The molecule has 0 saturated carbocycles. The van der Waals surface area contributed by atoms with E-state index >= 15 is 0 Å². The largest absolute Gasteiger partial charge is 0.497 e. The van der Waals surface area contributed by atoms with Gasteiger partial charge in [-0.2, -0.15) is 0 Å². The van der Waals surface area contributed by atoms with Gasteiger partial charge in [0.15, 0.2) is 0 Å². The molecule has 0 heterocycles. The first-order valence-corrected chi connectivity index (χ1v) is 10.3. The number of nitrogens with zero attached hydrogens (tertiary/aromatic N) is 2. The molecule has 0 spiro atoms. The van der Waals surface area contributed by atoms with E-state index in [-0.39, 0.29) is 10.8 Å². The lowest BCUT2D eigenvalue weighted by molar-refractivity contribution is 0.0784. The molecular formula is C18H21IN2O4S. The maximum atomic E-state index is 12.8. The fourth-order valence-electron chi connectivity index (χ4n) is 2.32. The quantitative estimate of drug-likeness (QED) is 0.587. The third-order valence-electron chi connectivity index (χ3n) is 3.87. The van der Waals surface area contributed by atoms with Crippen LogP contribution in [0.5, 0.6) is 5.75 Å². The maximum Gasteiger partial charge on any atom is 0.255 e. The summed E-state index contributed by atoms with van der Waals surface area (Å²) in [6, 6.07) is 12.0. The van der Waals surface area contributed by atoms with Gasteiger partial charge in [0.05, 0.1) is 17.6 Å². The molecule has 2 aromatic carbocycles. The molecule has 6 nitrogen and oxygen atoms in total. The number of hydrogen-bond donors (Lipinski definition) is 0. The van der Waals surface area contributed by atoms with E-state index in [1.165, 1.54) is 26.2 Å². The zero-order valence-electron chi connectivity index (χ0n) is 15.1. The first-order valence-electron chi connectivity index (χ1n) is 7.77. The lowest BCUT2D eigenvalue weighted by atomic mass is 10.1. The van der Waals surface area contributed by atoms with Gasteiger partial charge in [-0.05, 0) is 58.5 Å².